The van der Waals surface area contributed by atoms with Crippen LogP contribution in [0.1, 0.15) is 45.9 Å². The summed E-state index contributed by atoms with van der Waals surface area (Å²) in [4.78, 5) is 60.3. The summed E-state index contributed by atoms with van der Waals surface area (Å²) in [5, 5.41) is 0. The molecule has 2 heterocycles. The van der Waals surface area contributed by atoms with Crippen molar-refractivity contribution in [3.8, 4) is 0 Å². The number of allylic oxidation sites excluding steroid dienone is 4. The second-order valence-corrected chi connectivity index (χ2v) is 14.2. The summed E-state index contributed by atoms with van der Waals surface area (Å²) < 4.78 is 0. The van der Waals surface area contributed by atoms with Crippen molar-refractivity contribution in [3.05, 3.63) is 192 Å². The highest BCUT2D eigenvalue weighted by molar-refractivity contribution is 6.24. The van der Waals surface area contributed by atoms with E-state index in [1.165, 1.54) is 9.80 Å². The summed E-state index contributed by atoms with van der Waals surface area (Å²) in [6, 6.07) is 46.2. The number of hydrogen-bond acceptors (Lipinski definition) is 4. The van der Waals surface area contributed by atoms with Crippen LogP contribution in [0.4, 0.5) is 11.4 Å². The van der Waals surface area contributed by atoms with Crippen LogP contribution in [-0.4, -0.2) is 23.6 Å². The first-order chi connectivity index (χ1) is 25.5. The van der Waals surface area contributed by atoms with Gasteiger partial charge in [-0.2, -0.15) is 0 Å². The molecule has 2 saturated heterocycles. The maximum atomic E-state index is 14.4. The molecule has 8 atom stereocenters. The minimum Gasteiger partial charge on any atom is -0.274 e. The van der Waals surface area contributed by atoms with Crippen molar-refractivity contribution in [2.45, 2.75) is 23.7 Å². The first-order valence-corrected chi connectivity index (χ1v) is 17.9. The lowest BCUT2D eigenvalue weighted by Crippen LogP contribution is -2.33. The van der Waals surface area contributed by atoms with Crippen molar-refractivity contribution in [3.63, 3.8) is 0 Å². The van der Waals surface area contributed by atoms with Crippen LogP contribution in [0.3, 0.4) is 0 Å². The van der Waals surface area contributed by atoms with Crippen molar-refractivity contribution in [2.75, 3.05) is 9.80 Å². The first kappa shape index (κ1) is 31.8. The van der Waals surface area contributed by atoms with E-state index in [0.717, 1.165) is 22.3 Å². The Balaban J connectivity index is 1.05. The monoisotopic (exact) mass is 680 g/mol. The molecule has 254 valence electrons. The van der Waals surface area contributed by atoms with Crippen LogP contribution in [0.15, 0.2) is 170 Å². The molecule has 9 rings (SSSR count). The third kappa shape index (κ3) is 5.09. The predicted molar refractivity (Wildman–Crippen MR) is 200 cm³/mol. The molecule has 2 aliphatic carbocycles. The maximum absolute atomic E-state index is 14.4. The van der Waals surface area contributed by atoms with Gasteiger partial charge in [0.15, 0.2) is 0 Å². The van der Waals surface area contributed by atoms with Gasteiger partial charge in [0.05, 0.1) is 35.0 Å². The second-order valence-electron chi connectivity index (χ2n) is 14.2. The Bertz CT molecular complexity index is 1920. The number of fused-ring (bicyclic) bond motifs is 2. The molecule has 0 radical (unpaired) electrons. The smallest absolute Gasteiger partial charge is 0.238 e. The molecular formula is C46H36N2O4. The zero-order valence-electron chi connectivity index (χ0n) is 28.3. The number of anilines is 2. The van der Waals surface area contributed by atoms with Gasteiger partial charge in [0.1, 0.15) is 0 Å². The second kappa shape index (κ2) is 12.9. The van der Waals surface area contributed by atoms with E-state index in [-0.39, 0.29) is 47.3 Å². The summed E-state index contributed by atoms with van der Waals surface area (Å²) >= 11 is 0. The lowest BCUT2D eigenvalue weighted by molar-refractivity contribution is -0.124. The first-order valence-electron chi connectivity index (χ1n) is 17.9. The van der Waals surface area contributed by atoms with E-state index in [2.05, 4.69) is 24.3 Å². The molecule has 0 unspecified atom stereocenters. The van der Waals surface area contributed by atoms with Crippen LogP contribution < -0.4 is 9.80 Å². The minimum atomic E-state index is -0.577. The van der Waals surface area contributed by atoms with Gasteiger partial charge in [0.25, 0.3) is 0 Å². The highest BCUT2D eigenvalue weighted by Gasteiger charge is 2.57. The van der Waals surface area contributed by atoms with Gasteiger partial charge >= 0.3 is 0 Å². The molecule has 0 saturated carbocycles. The van der Waals surface area contributed by atoms with Crippen LogP contribution in [-0.2, 0) is 19.2 Å². The molecule has 0 N–H and O–H groups in total. The molecule has 2 aliphatic heterocycles. The summed E-state index contributed by atoms with van der Waals surface area (Å²) in [6.45, 7) is 0. The number of amides is 4. The third-order valence-electron chi connectivity index (χ3n) is 11.5. The van der Waals surface area contributed by atoms with Crippen LogP contribution in [0, 0.1) is 23.7 Å². The summed E-state index contributed by atoms with van der Waals surface area (Å²) in [6.07, 6.45) is 8.32. The van der Waals surface area contributed by atoms with E-state index in [4.69, 9.17) is 0 Å². The molecule has 6 nitrogen and oxygen atoms in total. The van der Waals surface area contributed by atoms with Crippen LogP contribution >= 0.6 is 0 Å². The van der Waals surface area contributed by atoms with E-state index >= 15 is 0 Å². The van der Waals surface area contributed by atoms with Crippen molar-refractivity contribution < 1.29 is 19.2 Å². The zero-order chi connectivity index (χ0) is 35.3. The molecule has 6 heteroatoms. The number of nitrogens with zero attached hydrogens (tertiary/aromatic N) is 2. The highest BCUT2D eigenvalue weighted by atomic mass is 16.2. The maximum Gasteiger partial charge on any atom is 0.238 e. The van der Waals surface area contributed by atoms with Crippen LogP contribution in [0.2, 0.25) is 0 Å². The number of hydrogen-bond donors (Lipinski definition) is 0. The molecular weight excluding hydrogens is 645 g/mol. The van der Waals surface area contributed by atoms with Crippen molar-refractivity contribution in [1.29, 1.82) is 0 Å². The molecule has 0 spiro atoms. The molecule has 4 aliphatic rings. The predicted octanol–water partition coefficient (Wildman–Crippen LogP) is 8.17. The Morgan fingerprint density at radius 2 is 0.500 bits per heavy atom. The number of rotatable bonds is 6. The number of benzene rings is 5. The summed E-state index contributed by atoms with van der Waals surface area (Å²) in [5.74, 6) is -4.30. The van der Waals surface area contributed by atoms with Crippen molar-refractivity contribution in [2.24, 2.45) is 23.7 Å². The molecule has 5 aromatic carbocycles. The summed E-state index contributed by atoms with van der Waals surface area (Å²) in [7, 11) is 0. The van der Waals surface area contributed by atoms with Crippen molar-refractivity contribution in [1.82, 2.24) is 0 Å². The molecule has 52 heavy (non-hydrogen) atoms. The van der Waals surface area contributed by atoms with Crippen LogP contribution in [0.5, 0.6) is 0 Å². The lowest BCUT2D eigenvalue weighted by atomic mass is 9.68. The van der Waals surface area contributed by atoms with Crippen molar-refractivity contribution >= 4 is 35.0 Å². The van der Waals surface area contributed by atoms with E-state index in [9.17, 15) is 19.2 Å². The Morgan fingerprint density at radius 1 is 0.288 bits per heavy atom. The Labute approximate surface area is 302 Å². The van der Waals surface area contributed by atoms with E-state index < -0.39 is 23.7 Å². The average Bonchev–Trinajstić information content (AvgIpc) is 3.63. The minimum absolute atomic E-state index is 0.247. The molecule has 5 aromatic rings. The van der Waals surface area contributed by atoms with Crippen LogP contribution in [0.25, 0.3) is 0 Å². The number of carbonyl (C=O) groups excluding carboxylic acids is 4. The quantitative estimate of drug-likeness (QED) is 0.134. The van der Waals surface area contributed by atoms with Gasteiger partial charge in [0.2, 0.25) is 23.6 Å². The van der Waals surface area contributed by atoms with Gasteiger partial charge in [-0.1, -0.05) is 146 Å². The number of imide groups is 2. The van der Waals surface area contributed by atoms with Gasteiger partial charge in [0, 0.05) is 23.7 Å². The normalized spacial score (nSPS) is 27.9. The van der Waals surface area contributed by atoms with E-state index in [1.54, 1.807) is 24.3 Å². The average molecular weight is 681 g/mol. The Hall–Kier alpha value is -6.14. The summed E-state index contributed by atoms with van der Waals surface area (Å²) in [5.41, 5.74) is 4.81. The fourth-order valence-electron chi connectivity index (χ4n) is 9.13. The largest absolute Gasteiger partial charge is 0.274 e. The Kier molecular flexibility index (Phi) is 7.88. The topological polar surface area (TPSA) is 74.8 Å². The van der Waals surface area contributed by atoms with E-state index in [1.807, 2.05) is 121 Å². The van der Waals surface area contributed by atoms with Gasteiger partial charge in [-0.15, -0.1) is 0 Å². The zero-order valence-corrected chi connectivity index (χ0v) is 28.3. The molecule has 2 fully saturated rings. The molecule has 4 amide bonds. The molecule has 0 bridgehead atoms. The van der Waals surface area contributed by atoms with Gasteiger partial charge in [-0.3, -0.25) is 19.2 Å². The lowest BCUT2D eigenvalue weighted by Gasteiger charge is -2.32. The van der Waals surface area contributed by atoms with E-state index in [0.29, 0.717) is 11.4 Å². The highest BCUT2D eigenvalue weighted by Crippen LogP contribution is 2.52. The van der Waals surface area contributed by atoms with Gasteiger partial charge < -0.3 is 0 Å². The fraction of sp³-hybridized carbons (Fsp3) is 0.174. The fourth-order valence-corrected chi connectivity index (χ4v) is 9.13. The SMILES string of the molecule is O=C1[C@@H]2[C@H](C(=O)N1c1ccc(N3C(=O)[C@H]4[C@H](C3=O)[C@H](c3ccccc3)C=C[C@H]4c3ccccc3)cc1)[C@H](c1ccccc1)C=C[C@@H]2c1ccccc1. The molecule has 0 aromatic heterocycles. The van der Waals surface area contributed by atoms with Gasteiger partial charge in [-0.05, 0) is 46.5 Å². The Morgan fingerprint density at radius 3 is 0.712 bits per heavy atom. The number of carbonyl (C=O) groups is 4. The van der Waals surface area contributed by atoms with Gasteiger partial charge in [-0.25, -0.2) is 9.80 Å². The third-order valence-corrected chi connectivity index (χ3v) is 11.5. The standard InChI is InChI=1S/C46H36N2O4/c49-43-39-35(29-13-5-1-6-14-29)25-26-36(30-15-7-2-8-16-30)40(39)44(50)47(43)33-21-23-34(24-22-33)48-45(51)41-37(31-17-9-3-10-18-31)27-28-38(42(41)46(48)52)32-19-11-4-12-20-32/h1-28,35-42H/t35-,36-,37-,38+,39+,40+,41+,42-/m0/s1.